The summed E-state index contributed by atoms with van der Waals surface area (Å²) in [7, 11) is 0. The summed E-state index contributed by atoms with van der Waals surface area (Å²) in [5.41, 5.74) is 0.0816. The molecule has 0 saturated carbocycles. The molecule has 0 aliphatic carbocycles. The number of thiazole rings is 2. The van der Waals surface area contributed by atoms with Gasteiger partial charge in [0.2, 0.25) is 5.91 Å². The second-order valence-corrected chi connectivity index (χ2v) is 7.16. The lowest BCUT2D eigenvalue weighted by molar-refractivity contribution is -0.114. The van der Waals surface area contributed by atoms with Crippen LogP contribution in [0.2, 0.25) is 0 Å². The zero-order valence-corrected chi connectivity index (χ0v) is 15.1. The average Bonchev–Trinajstić information content (AvgIpc) is 3.16. The van der Waals surface area contributed by atoms with E-state index in [1.165, 1.54) is 41.9 Å². The molecule has 10 heteroatoms. The first kappa shape index (κ1) is 17.7. The molecule has 1 aromatic carbocycles. The van der Waals surface area contributed by atoms with Crippen LogP contribution < -0.4 is 20.1 Å². The van der Waals surface area contributed by atoms with E-state index < -0.39 is 0 Å². The van der Waals surface area contributed by atoms with Crippen molar-refractivity contribution in [3.8, 4) is 5.75 Å². The minimum Gasteiger partial charge on any atom is -0.506 e. The van der Waals surface area contributed by atoms with Gasteiger partial charge in [-0.05, 0) is 18.2 Å². The molecule has 0 atom stereocenters. The van der Waals surface area contributed by atoms with Gasteiger partial charge >= 0.3 is 0 Å². The number of H-pyrrole nitrogens is 1. The number of amides is 1. The van der Waals surface area contributed by atoms with Crippen molar-refractivity contribution in [2.45, 2.75) is 6.92 Å². The molecule has 0 fully saturated rings. The number of para-hydroxylation sites is 1. The van der Waals surface area contributed by atoms with E-state index in [1.54, 1.807) is 30.5 Å². The fourth-order valence-corrected chi connectivity index (χ4v) is 3.59. The number of aromatic amines is 1. The fourth-order valence-electron chi connectivity index (χ4n) is 1.90. The Kier molecular flexibility index (Phi) is 5.34. The summed E-state index contributed by atoms with van der Waals surface area (Å²) in [5.74, 6) is -0.176. The van der Waals surface area contributed by atoms with Crippen molar-refractivity contribution in [2.24, 2.45) is 10.2 Å². The van der Waals surface area contributed by atoms with Gasteiger partial charge < -0.3 is 15.4 Å². The molecule has 0 spiro atoms. The number of rotatable bonds is 4. The third-order valence-electron chi connectivity index (χ3n) is 2.98. The normalized spacial score (nSPS) is 12.8. The first-order chi connectivity index (χ1) is 12.5. The van der Waals surface area contributed by atoms with E-state index in [0.717, 1.165) is 4.88 Å². The predicted molar refractivity (Wildman–Crippen MR) is 101 cm³/mol. The highest BCUT2D eigenvalue weighted by Gasteiger charge is 2.02. The summed E-state index contributed by atoms with van der Waals surface area (Å²) < 4.78 is 0.999. The van der Waals surface area contributed by atoms with Gasteiger partial charge in [-0.3, -0.25) is 9.59 Å². The van der Waals surface area contributed by atoms with Crippen molar-refractivity contribution < 1.29 is 9.90 Å². The maximum absolute atomic E-state index is 12.0. The van der Waals surface area contributed by atoms with Crippen molar-refractivity contribution in [1.29, 1.82) is 0 Å². The van der Waals surface area contributed by atoms with Gasteiger partial charge in [-0.25, -0.2) is 4.98 Å². The molecular weight excluding hydrogens is 374 g/mol. The maximum Gasteiger partial charge on any atom is 0.266 e. The minimum absolute atomic E-state index is 0.0264. The SMILES string of the molecule is CC(=O)Nc1ncc(/C=c2\s/c(=C\N=Nc3ccccc3O)[nH]c2=O)s1. The third-order valence-corrected chi connectivity index (χ3v) is 4.79. The Morgan fingerprint density at radius 3 is 2.92 bits per heavy atom. The van der Waals surface area contributed by atoms with E-state index in [4.69, 9.17) is 0 Å². The molecule has 0 bridgehead atoms. The van der Waals surface area contributed by atoms with Crippen LogP contribution in [0.15, 0.2) is 45.5 Å². The van der Waals surface area contributed by atoms with Crippen LogP contribution in [0, 0.1) is 0 Å². The number of phenols is 1. The van der Waals surface area contributed by atoms with Crippen LogP contribution in [0.1, 0.15) is 11.8 Å². The Bertz CT molecular complexity index is 1140. The summed E-state index contributed by atoms with van der Waals surface area (Å²) in [6.07, 6.45) is 4.67. The molecule has 132 valence electrons. The van der Waals surface area contributed by atoms with E-state index in [2.05, 4.69) is 25.5 Å². The van der Waals surface area contributed by atoms with Gasteiger partial charge in [0.1, 0.15) is 16.1 Å². The summed E-state index contributed by atoms with van der Waals surface area (Å²) in [6, 6.07) is 6.56. The Labute approximate surface area is 154 Å². The first-order valence-electron chi connectivity index (χ1n) is 7.34. The Morgan fingerprint density at radius 2 is 2.15 bits per heavy atom. The Hall–Kier alpha value is -3.11. The van der Waals surface area contributed by atoms with Crippen LogP contribution in [-0.2, 0) is 4.79 Å². The van der Waals surface area contributed by atoms with Crippen LogP contribution in [0.25, 0.3) is 12.3 Å². The van der Waals surface area contributed by atoms with Gasteiger partial charge in [0.15, 0.2) is 5.13 Å². The minimum atomic E-state index is -0.256. The molecule has 0 aliphatic heterocycles. The van der Waals surface area contributed by atoms with Gasteiger partial charge in [-0.1, -0.05) is 23.5 Å². The summed E-state index contributed by atoms with van der Waals surface area (Å²) in [5, 5.41) is 20.5. The lowest BCUT2D eigenvalue weighted by atomic mass is 10.3. The van der Waals surface area contributed by atoms with Crippen LogP contribution >= 0.6 is 22.7 Å². The molecule has 0 saturated heterocycles. The molecule has 2 heterocycles. The predicted octanol–water partition coefficient (Wildman–Crippen LogP) is 1.91. The topological polar surface area (TPSA) is 120 Å². The monoisotopic (exact) mass is 387 g/mol. The molecule has 1 amide bonds. The number of benzene rings is 1. The van der Waals surface area contributed by atoms with Crippen LogP contribution in [0.3, 0.4) is 0 Å². The lowest BCUT2D eigenvalue weighted by Gasteiger charge is -1.93. The van der Waals surface area contributed by atoms with Gasteiger partial charge in [0.05, 0.1) is 15.6 Å². The maximum atomic E-state index is 12.0. The van der Waals surface area contributed by atoms with Crippen molar-refractivity contribution in [1.82, 2.24) is 9.97 Å². The highest BCUT2D eigenvalue weighted by Crippen LogP contribution is 2.25. The molecule has 3 N–H and O–H groups in total. The number of carbonyl (C=O) groups excluding carboxylic acids is 1. The third kappa shape index (κ3) is 4.49. The highest BCUT2D eigenvalue weighted by atomic mass is 32.1. The van der Waals surface area contributed by atoms with E-state index in [9.17, 15) is 14.7 Å². The molecule has 2 aromatic heterocycles. The highest BCUT2D eigenvalue weighted by molar-refractivity contribution is 7.16. The van der Waals surface area contributed by atoms with Crippen LogP contribution in [0.4, 0.5) is 10.8 Å². The zero-order chi connectivity index (χ0) is 18.5. The number of nitrogens with one attached hydrogen (secondary N) is 2. The number of nitrogens with zero attached hydrogens (tertiary/aromatic N) is 3. The van der Waals surface area contributed by atoms with Crippen LogP contribution in [0.5, 0.6) is 5.75 Å². The smallest absolute Gasteiger partial charge is 0.266 e. The summed E-state index contributed by atoms with van der Waals surface area (Å²) in [4.78, 5) is 30.5. The number of hydrogen-bond donors (Lipinski definition) is 3. The summed E-state index contributed by atoms with van der Waals surface area (Å²) >= 11 is 2.48. The van der Waals surface area contributed by atoms with Crippen molar-refractivity contribution in [3.05, 3.63) is 54.9 Å². The van der Waals surface area contributed by atoms with Crippen molar-refractivity contribution >= 4 is 51.7 Å². The summed E-state index contributed by atoms with van der Waals surface area (Å²) in [6.45, 7) is 1.40. The van der Waals surface area contributed by atoms with Gasteiger partial charge in [-0.15, -0.1) is 16.5 Å². The molecule has 0 radical (unpaired) electrons. The molecule has 3 aromatic rings. The van der Waals surface area contributed by atoms with E-state index in [1.807, 2.05) is 0 Å². The number of carbonyl (C=O) groups is 1. The molecule has 8 nitrogen and oxygen atoms in total. The number of aromatic nitrogens is 2. The molecule has 0 unspecified atom stereocenters. The van der Waals surface area contributed by atoms with Gasteiger partial charge in [0.25, 0.3) is 5.56 Å². The van der Waals surface area contributed by atoms with Crippen molar-refractivity contribution in [3.63, 3.8) is 0 Å². The molecular formula is C16H13N5O3S2. The standard InChI is InChI=1S/C16H13N5O3S2/c1-9(22)19-16-17-7-10(25-16)6-13-15(24)20-14(26-13)8-18-21-11-4-2-3-5-12(11)23/h2-8,23H,1H3,(H,20,24)(H,17,19,22)/b13-6-,14-8-,21-18?. The molecule has 0 aliphatic rings. The van der Waals surface area contributed by atoms with E-state index in [-0.39, 0.29) is 17.2 Å². The lowest BCUT2D eigenvalue weighted by Crippen LogP contribution is -2.19. The van der Waals surface area contributed by atoms with E-state index in [0.29, 0.717) is 20.0 Å². The largest absolute Gasteiger partial charge is 0.506 e. The number of aromatic hydroxyl groups is 1. The van der Waals surface area contributed by atoms with Gasteiger partial charge in [-0.2, -0.15) is 5.11 Å². The van der Waals surface area contributed by atoms with Crippen LogP contribution in [-0.4, -0.2) is 21.0 Å². The number of anilines is 1. The second-order valence-electron chi connectivity index (χ2n) is 5.01. The average molecular weight is 387 g/mol. The van der Waals surface area contributed by atoms with Crippen molar-refractivity contribution in [2.75, 3.05) is 5.32 Å². The van der Waals surface area contributed by atoms with Gasteiger partial charge in [0, 0.05) is 13.1 Å². The van der Waals surface area contributed by atoms with E-state index >= 15 is 0 Å². The molecule has 3 rings (SSSR count). The first-order valence-corrected chi connectivity index (χ1v) is 8.98. The zero-order valence-electron chi connectivity index (χ0n) is 13.5. The second kappa shape index (κ2) is 7.85. The number of azo groups is 1. The quantitative estimate of drug-likeness (QED) is 0.592. The number of phenolic OH excluding ortho intramolecular Hbond substituents is 1. The Morgan fingerprint density at radius 1 is 1.35 bits per heavy atom. The fraction of sp³-hybridized carbons (Fsp3) is 0.0625. The Balaban J connectivity index is 1.85. The molecule has 26 heavy (non-hydrogen) atoms. The number of hydrogen-bond acceptors (Lipinski definition) is 8.